The zero-order valence-corrected chi connectivity index (χ0v) is 14.5. The van der Waals surface area contributed by atoms with Crippen molar-refractivity contribution in [2.75, 3.05) is 12.8 Å². The second kappa shape index (κ2) is 5.84. The summed E-state index contributed by atoms with van der Waals surface area (Å²) in [4.78, 5) is 7.03. The third-order valence-corrected chi connectivity index (χ3v) is 6.30. The fourth-order valence-corrected chi connectivity index (χ4v) is 5.33. The Labute approximate surface area is 133 Å². The van der Waals surface area contributed by atoms with Crippen molar-refractivity contribution in [3.05, 3.63) is 39.3 Å². The van der Waals surface area contributed by atoms with Crippen molar-refractivity contribution in [2.45, 2.75) is 11.4 Å². The van der Waals surface area contributed by atoms with Crippen LogP contribution >= 0.6 is 31.9 Å². The monoisotopic (exact) mass is 422 g/mol. The molecule has 20 heavy (non-hydrogen) atoms. The number of rotatable bonds is 4. The van der Waals surface area contributed by atoms with Crippen LogP contribution in [-0.4, -0.2) is 29.7 Å². The van der Waals surface area contributed by atoms with E-state index in [0.717, 1.165) is 0 Å². The number of anilines is 1. The van der Waals surface area contributed by atoms with Crippen molar-refractivity contribution in [3.63, 3.8) is 0 Å². The van der Waals surface area contributed by atoms with Gasteiger partial charge in [-0.1, -0.05) is 0 Å². The lowest BCUT2D eigenvalue weighted by Crippen LogP contribution is -2.27. The minimum Gasteiger partial charge on any atom is -0.399 e. The molecule has 0 aliphatic heterocycles. The van der Waals surface area contributed by atoms with E-state index in [2.05, 4.69) is 41.8 Å². The van der Waals surface area contributed by atoms with Crippen LogP contribution in [0.3, 0.4) is 0 Å². The van der Waals surface area contributed by atoms with E-state index in [4.69, 9.17) is 5.73 Å². The maximum absolute atomic E-state index is 12.6. The molecule has 3 N–H and O–H groups in total. The summed E-state index contributed by atoms with van der Waals surface area (Å²) in [6.45, 7) is 0.151. The van der Waals surface area contributed by atoms with Crippen molar-refractivity contribution in [1.82, 2.24) is 14.3 Å². The Morgan fingerprint density at radius 2 is 1.95 bits per heavy atom. The van der Waals surface area contributed by atoms with Gasteiger partial charge in [-0.2, -0.15) is 4.31 Å². The van der Waals surface area contributed by atoms with Crippen LogP contribution in [-0.2, 0) is 16.6 Å². The summed E-state index contributed by atoms with van der Waals surface area (Å²) in [7, 11) is -2.18. The minimum atomic E-state index is -3.67. The lowest BCUT2D eigenvalue weighted by Gasteiger charge is -2.18. The van der Waals surface area contributed by atoms with E-state index in [-0.39, 0.29) is 11.4 Å². The molecule has 0 fully saturated rings. The second-order valence-corrected chi connectivity index (χ2v) is 7.80. The summed E-state index contributed by atoms with van der Waals surface area (Å²) >= 11 is 6.48. The van der Waals surface area contributed by atoms with Gasteiger partial charge in [-0.15, -0.1) is 0 Å². The Morgan fingerprint density at radius 3 is 2.45 bits per heavy atom. The van der Waals surface area contributed by atoms with E-state index < -0.39 is 10.0 Å². The molecule has 1 aromatic heterocycles. The van der Waals surface area contributed by atoms with Crippen LogP contribution in [0.25, 0.3) is 0 Å². The zero-order chi connectivity index (χ0) is 14.9. The molecule has 0 amide bonds. The Morgan fingerprint density at radius 1 is 1.35 bits per heavy atom. The van der Waals surface area contributed by atoms with E-state index >= 15 is 0 Å². The van der Waals surface area contributed by atoms with Crippen LogP contribution in [0.5, 0.6) is 0 Å². The number of hydrogen-bond acceptors (Lipinski definition) is 4. The standard InChI is InChI=1S/C11H12Br2N4O2S/c1-17(6-10-15-2-3-16-10)20(18,19)11-8(12)4-7(14)5-9(11)13/h2-5H,6,14H2,1H3,(H,15,16). The number of aromatic nitrogens is 2. The Hall–Kier alpha value is -0.900. The molecule has 1 heterocycles. The summed E-state index contributed by atoms with van der Waals surface area (Å²) in [6, 6.07) is 3.11. The van der Waals surface area contributed by atoms with Gasteiger partial charge in [-0.05, 0) is 44.0 Å². The summed E-state index contributed by atoms with van der Waals surface area (Å²) < 4.78 is 27.2. The van der Waals surface area contributed by atoms with Gasteiger partial charge in [0.2, 0.25) is 10.0 Å². The topological polar surface area (TPSA) is 92.1 Å². The van der Waals surface area contributed by atoms with Crippen LogP contribution in [0.15, 0.2) is 38.4 Å². The lowest BCUT2D eigenvalue weighted by atomic mass is 10.3. The zero-order valence-electron chi connectivity index (χ0n) is 10.5. The SMILES string of the molecule is CN(Cc1ncc[nH]1)S(=O)(=O)c1c(Br)cc(N)cc1Br. The van der Waals surface area contributed by atoms with Crippen molar-refractivity contribution >= 4 is 47.6 Å². The van der Waals surface area contributed by atoms with Gasteiger partial charge in [0.1, 0.15) is 10.7 Å². The molecule has 0 unspecified atom stereocenters. The third kappa shape index (κ3) is 3.05. The van der Waals surface area contributed by atoms with Gasteiger partial charge < -0.3 is 10.7 Å². The van der Waals surface area contributed by atoms with E-state index in [0.29, 0.717) is 20.5 Å². The van der Waals surface area contributed by atoms with Crippen LogP contribution < -0.4 is 5.73 Å². The number of nitrogens with zero attached hydrogens (tertiary/aromatic N) is 2. The predicted octanol–water partition coefficient (Wildman–Crippen LogP) is 2.34. The van der Waals surface area contributed by atoms with Gasteiger partial charge in [0.25, 0.3) is 0 Å². The van der Waals surface area contributed by atoms with Crippen LogP contribution in [0.1, 0.15) is 5.82 Å². The second-order valence-electron chi connectivity index (χ2n) is 4.11. The van der Waals surface area contributed by atoms with Crippen molar-refractivity contribution in [1.29, 1.82) is 0 Å². The quantitative estimate of drug-likeness (QED) is 0.738. The first-order valence-corrected chi connectivity index (χ1v) is 8.54. The molecule has 0 spiro atoms. The van der Waals surface area contributed by atoms with Gasteiger partial charge in [-0.3, -0.25) is 0 Å². The molecule has 2 aromatic rings. The summed E-state index contributed by atoms with van der Waals surface area (Å²) in [5, 5.41) is 0. The molecule has 0 atom stereocenters. The van der Waals surface area contributed by atoms with Crippen molar-refractivity contribution in [3.8, 4) is 0 Å². The number of halogens is 2. The molecule has 0 saturated heterocycles. The first kappa shape index (κ1) is 15.5. The number of nitrogens with two attached hydrogens (primary N) is 1. The highest BCUT2D eigenvalue weighted by Gasteiger charge is 2.27. The summed E-state index contributed by atoms with van der Waals surface area (Å²) in [5.74, 6) is 0.568. The number of nitrogen functional groups attached to an aromatic ring is 1. The Balaban J connectivity index is 2.40. The predicted molar refractivity (Wildman–Crippen MR) is 83.5 cm³/mol. The lowest BCUT2D eigenvalue weighted by molar-refractivity contribution is 0.457. The van der Waals surface area contributed by atoms with Gasteiger partial charge >= 0.3 is 0 Å². The largest absolute Gasteiger partial charge is 0.399 e. The molecule has 0 saturated carbocycles. The fraction of sp³-hybridized carbons (Fsp3) is 0.182. The van der Waals surface area contributed by atoms with Crippen molar-refractivity contribution in [2.24, 2.45) is 0 Å². The molecular weight excluding hydrogens is 412 g/mol. The molecule has 0 radical (unpaired) electrons. The highest BCUT2D eigenvalue weighted by Crippen LogP contribution is 2.34. The van der Waals surface area contributed by atoms with E-state index in [1.807, 2.05) is 0 Å². The number of nitrogens with one attached hydrogen (secondary N) is 1. The smallest absolute Gasteiger partial charge is 0.245 e. The van der Waals surface area contributed by atoms with Crippen LogP contribution in [0, 0.1) is 0 Å². The maximum Gasteiger partial charge on any atom is 0.245 e. The number of sulfonamides is 1. The molecule has 0 aliphatic rings. The average Bonchev–Trinajstić information content (AvgIpc) is 2.79. The van der Waals surface area contributed by atoms with Gasteiger partial charge in [0, 0.05) is 34.1 Å². The molecule has 0 bridgehead atoms. The van der Waals surface area contributed by atoms with Crippen molar-refractivity contribution < 1.29 is 8.42 Å². The van der Waals surface area contributed by atoms with Gasteiger partial charge in [-0.25, -0.2) is 13.4 Å². The van der Waals surface area contributed by atoms with E-state index in [1.165, 1.54) is 11.4 Å². The number of imidazole rings is 1. The normalized spacial score (nSPS) is 12.0. The maximum atomic E-state index is 12.6. The van der Waals surface area contributed by atoms with Crippen LogP contribution in [0.4, 0.5) is 5.69 Å². The molecule has 1 aromatic carbocycles. The summed E-state index contributed by atoms with van der Waals surface area (Å²) in [5.41, 5.74) is 6.14. The summed E-state index contributed by atoms with van der Waals surface area (Å²) in [6.07, 6.45) is 3.22. The highest BCUT2D eigenvalue weighted by molar-refractivity contribution is 9.11. The minimum absolute atomic E-state index is 0.140. The first-order chi connectivity index (χ1) is 9.32. The first-order valence-electron chi connectivity index (χ1n) is 5.51. The number of H-pyrrole nitrogens is 1. The number of hydrogen-bond donors (Lipinski definition) is 2. The van der Waals surface area contributed by atoms with E-state index in [9.17, 15) is 8.42 Å². The molecule has 9 heteroatoms. The molecule has 6 nitrogen and oxygen atoms in total. The van der Waals surface area contributed by atoms with Crippen LogP contribution in [0.2, 0.25) is 0 Å². The molecular formula is C11H12Br2N4O2S. The Kier molecular flexibility index (Phi) is 4.52. The number of benzene rings is 1. The third-order valence-electron chi connectivity index (χ3n) is 2.62. The Bertz CT molecular complexity index is 693. The number of aromatic amines is 1. The molecule has 0 aliphatic carbocycles. The van der Waals surface area contributed by atoms with E-state index in [1.54, 1.807) is 24.5 Å². The molecule has 2 rings (SSSR count). The highest BCUT2D eigenvalue weighted by atomic mass is 79.9. The van der Waals surface area contributed by atoms with Gasteiger partial charge in [0.15, 0.2) is 0 Å². The average molecular weight is 424 g/mol. The van der Waals surface area contributed by atoms with Gasteiger partial charge in [0.05, 0.1) is 6.54 Å². The fourth-order valence-electron chi connectivity index (χ4n) is 1.66. The molecule has 108 valence electrons.